The molecule has 1 unspecified atom stereocenters. The van der Waals surface area contributed by atoms with E-state index in [0.29, 0.717) is 30.7 Å². The monoisotopic (exact) mass is 431 g/mol. The number of ether oxygens (including phenoxy) is 2. The van der Waals surface area contributed by atoms with Gasteiger partial charge in [-0.05, 0) is 36.7 Å². The molecule has 0 radical (unpaired) electrons. The van der Waals surface area contributed by atoms with Gasteiger partial charge in [0, 0.05) is 17.9 Å². The second kappa shape index (κ2) is 9.69. The summed E-state index contributed by atoms with van der Waals surface area (Å²) in [5.41, 5.74) is 0.934. The maximum atomic E-state index is 12.0. The highest BCUT2D eigenvalue weighted by Crippen LogP contribution is 2.37. The first-order chi connectivity index (χ1) is 11.6. The summed E-state index contributed by atoms with van der Waals surface area (Å²) >= 11 is 3.34. The molecular weight excluding hydrogens is 402 g/mol. The first-order valence-electron chi connectivity index (χ1n) is 8.58. The van der Waals surface area contributed by atoms with E-state index >= 15 is 0 Å². The molecule has 0 amide bonds. The molecule has 25 heavy (non-hydrogen) atoms. The van der Waals surface area contributed by atoms with Gasteiger partial charge in [-0.2, -0.15) is 0 Å². The second-order valence-electron chi connectivity index (χ2n) is 7.41. The summed E-state index contributed by atoms with van der Waals surface area (Å²) in [5, 5.41) is 0.803. The van der Waals surface area contributed by atoms with E-state index in [1.165, 1.54) is 0 Å². The molecule has 1 heterocycles. The minimum atomic E-state index is -1.83. The van der Waals surface area contributed by atoms with Crippen molar-refractivity contribution in [3.05, 3.63) is 24.0 Å². The van der Waals surface area contributed by atoms with Gasteiger partial charge < -0.3 is 13.9 Å². The standard InChI is InChI=1S/C18H30BrNO4Si/c1-7-22-17(21)16(8-9-19)24-15-10-14(11-20-12-15)13-23-25(5,6)18(2,3)4/h10-12,16H,7-9,13H2,1-6H3. The Kier molecular flexibility index (Phi) is 8.57. The van der Waals surface area contributed by atoms with Crippen molar-refractivity contribution in [3.63, 3.8) is 0 Å². The van der Waals surface area contributed by atoms with Gasteiger partial charge in [-0.25, -0.2) is 4.79 Å². The lowest BCUT2D eigenvalue weighted by Gasteiger charge is -2.36. The van der Waals surface area contributed by atoms with Crippen molar-refractivity contribution < 1.29 is 18.7 Å². The molecule has 0 aliphatic heterocycles. The van der Waals surface area contributed by atoms with Crippen LogP contribution in [0.3, 0.4) is 0 Å². The van der Waals surface area contributed by atoms with Gasteiger partial charge in [-0.15, -0.1) is 0 Å². The highest BCUT2D eigenvalue weighted by molar-refractivity contribution is 9.09. The minimum absolute atomic E-state index is 0.152. The van der Waals surface area contributed by atoms with E-state index in [0.717, 1.165) is 5.56 Å². The van der Waals surface area contributed by atoms with Crippen LogP contribution < -0.4 is 4.74 Å². The van der Waals surface area contributed by atoms with Crippen LogP contribution in [0.4, 0.5) is 0 Å². The van der Waals surface area contributed by atoms with E-state index in [1.807, 2.05) is 6.07 Å². The number of carbonyl (C=O) groups is 1. The Morgan fingerprint density at radius 3 is 2.56 bits per heavy atom. The van der Waals surface area contributed by atoms with E-state index in [9.17, 15) is 4.79 Å². The van der Waals surface area contributed by atoms with Crippen molar-refractivity contribution in [2.24, 2.45) is 0 Å². The van der Waals surface area contributed by atoms with Gasteiger partial charge in [0.1, 0.15) is 5.75 Å². The van der Waals surface area contributed by atoms with Gasteiger partial charge in [-0.1, -0.05) is 36.7 Å². The Morgan fingerprint density at radius 2 is 2.00 bits per heavy atom. The van der Waals surface area contributed by atoms with E-state index in [1.54, 1.807) is 19.3 Å². The van der Waals surface area contributed by atoms with Crippen molar-refractivity contribution in [3.8, 4) is 5.75 Å². The fraction of sp³-hybridized carbons (Fsp3) is 0.667. The van der Waals surface area contributed by atoms with E-state index in [-0.39, 0.29) is 11.0 Å². The van der Waals surface area contributed by atoms with Crippen molar-refractivity contribution in [1.82, 2.24) is 4.98 Å². The molecule has 0 saturated heterocycles. The number of nitrogens with zero attached hydrogens (tertiary/aromatic N) is 1. The molecule has 0 fully saturated rings. The van der Waals surface area contributed by atoms with Crippen LogP contribution >= 0.6 is 15.9 Å². The highest BCUT2D eigenvalue weighted by atomic mass is 79.9. The number of rotatable bonds is 9. The molecule has 0 aliphatic rings. The van der Waals surface area contributed by atoms with Crippen LogP contribution in [0.1, 0.15) is 39.7 Å². The van der Waals surface area contributed by atoms with Gasteiger partial charge >= 0.3 is 5.97 Å². The third-order valence-electron chi connectivity index (χ3n) is 4.37. The summed E-state index contributed by atoms with van der Waals surface area (Å²) < 4.78 is 17.1. The first kappa shape index (κ1) is 22.1. The average Bonchev–Trinajstić information content (AvgIpc) is 2.52. The molecular formula is C18H30BrNO4Si. The summed E-state index contributed by atoms with van der Waals surface area (Å²) in [7, 11) is -1.83. The number of esters is 1. The molecule has 0 aromatic carbocycles. The van der Waals surface area contributed by atoms with Gasteiger partial charge in [0.05, 0.1) is 19.4 Å². The minimum Gasteiger partial charge on any atom is -0.477 e. The van der Waals surface area contributed by atoms with Crippen molar-refractivity contribution >= 4 is 30.2 Å². The molecule has 1 atom stereocenters. The zero-order valence-electron chi connectivity index (χ0n) is 16.1. The Hall–Kier alpha value is -0.923. The molecule has 0 aliphatic carbocycles. The van der Waals surface area contributed by atoms with Crippen LogP contribution in [-0.4, -0.2) is 37.3 Å². The predicted molar refractivity (Wildman–Crippen MR) is 106 cm³/mol. The lowest BCUT2D eigenvalue weighted by atomic mass is 10.2. The number of aromatic nitrogens is 1. The number of halogens is 1. The van der Waals surface area contributed by atoms with E-state index < -0.39 is 14.4 Å². The quantitative estimate of drug-likeness (QED) is 0.322. The number of pyridine rings is 1. The van der Waals surface area contributed by atoms with Crippen LogP contribution in [0, 0.1) is 0 Å². The summed E-state index contributed by atoms with van der Waals surface area (Å²) in [6, 6.07) is 1.88. The maximum absolute atomic E-state index is 12.0. The smallest absolute Gasteiger partial charge is 0.347 e. The SMILES string of the molecule is CCOC(=O)C(CCBr)Oc1cncc(CO[Si](C)(C)C(C)(C)C)c1. The summed E-state index contributed by atoms with van der Waals surface area (Å²) in [5.74, 6) is 0.195. The molecule has 0 N–H and O–H groups in total. The summed E-state index contributed by atoms with van der Waals surface area (Å²) in [4.78, 5) is 16.2. The predicted octanol–water partition coefficient (Wildman–Crippen LogP) is 4.70. The molecule has 1 aromatic rings. The molecule has 5 nitrogen and oxygen atoms in total. The second-order valence-corrected chi connectivity index (χ2v) is 13.0. The summed E-state index contributed by atoms with van der Waals surface area (Å²) in [6.07, 6.45) is 3.27. The Bertz CT molecular complexity index is 560. The lowest BCUT2D eigenvalue weighted by molar-refractivity contribution is -0.151. The summed E-state index contributed by atoms with van der Waals surface area (Å²) in [6.45, 7) is 13.7. The topological polar surface area (TPSA) is 57.7 Å². The largest absolute Gasteiger partial charge is 0.477 e. The molecule has 0 saturated carbocycles. The Morgan fingerprint density at radius 1 is 1.32 bits per heavy atom. The zero-order valence-corrected chi connectivity index (χ0v) is 18.7. The fourth-order valence-electron chi connectivity index (χ4n) is 1.81. The molecule has 142 valence electrons. The van der Waals surface area contributed by atoms with Gasteiger partial charge in [0.15, 0.2) is 14.4 Å². The Balaban J connectivity index is 2.78. The van der Waals surface area contributed by atoms with Crippen molar-refractivity contribution in [2.45, 2.75) is 65.0 Å². The third kappa shape index (κ3) is 7.07. The average molecular weight is 432 g/mol. The number of alkyl halides is 1. The van der Waals surface area contributed by atoms with Crippen LogP contribution in [0.15, 0.2) is 18.5 Å². The fourth-order valence-corrected chi connectivity index (χ4v) is 3.19. The third-order valence-corrected chi connectivity index (χ3v) is 9.31. The molecule has 1 rings (SSSR count). The molecule has 1 aromatic heterocycles. The molecule has 7 heteroatoms. The van der Waals surface area contributed by atoms with Gasteiger partial charge in [0.2, 0.25) is 0 Å². The number of carbonyl (C=O) groups excluding carboxylic acids is 1. The highest BCUT2D eigenvalue weighted by Gasteiger charge is 2.37. The Labute approximate surface area is 160 Å². The van der Waals surface area contributed by atoms with Crippen LogP contribution in [0.5, 0.6) is 5.75 Å². The number of hydrogen-bond acceptors (Lipinski definition) is 5. The van der Waals surface area contributed by atoms with Crippen molar-refractivity contribution in [1.29, 1.82) is 0 Å². The maximum Gasteiger partial charge on any atom is 0.347 e. The van der Waals surface area contributed by atoms with Gasteiger partial charge in [-0.3, -0.25) is 4.98 Å². The van der Waals surface area contributed by atoms with E-state index in [2.05, 4.69) is 54.8 Å². The van der Waals surface area contributed by atoms with Crippen LogP contribution in [0.25, 0.3) is 0 Å². The molecule has 0 spiro atoms. The first-order valence-corrected chi connectivity index (χ1v) is 12.6. The van der Waals surface area contributed by atoms with Crippen LogP contribution in [0.2, 0.25) is 18.1 Å². The van der Waals surface area contributed by atoms with Crippen molar-refractivity contribution in [2.75, 3.05) is 11.9 Å². The van der Waals surface area contributed by atoms with E-state index in [4.69, 9.17) is 13.9 Å². The lowest BCUT2D eigenvalue weighted by Crippen LogP contribution is -2.40. The normalized spacial score (nSPS) is 13.4. The molecule has 0 bridgehead atoms. The van der Waals surface area contributed by atoms with Gasteiger partial charge in [0.25, 0.3) is 0 Å². The number of hydrogen-bond donors (Lipinski definition) is 0. The zero-order chi connectivity index (χ0) is 19.1. The van der Waals surface area contributed by atoms with Crippen LogP contribution in [-0.2, 0) is 20.6 Å².